The summed E-state index contributed by atoms with van der Waals surface area (Å²) in [4.78, 5) is 3.56. The molecule has 0 aliphatic carbocycles. The fourth-order valence-corrected chi connectivity index (χ4v) is 1.80. The van der Waals surface area contributed by atoms with Gasteiger partial charge in [-0.25, -0.2) is 0 Å². The highest BCUT2D eigenvalue weighted by molar-refractivity contribution is 6.61. The quantitative estimate of drug-likeness (QED) is 0.803. The van der Waals surface area contributed by atoms with Gasteiger partial charge in [0.05, 0.1) is 16.8 Å². The van der Waals surface area contributed by atoms with Crippen molar-refractivity contribution in [2.24, 2.45) is 0 Å². The van der Waals surface area contributed by atoms with E-state index in [2.05, 4.69) is 4.98 Å². The third-order valence-corrected chi connectivity index (χ3v) is 3.65. The molecule has 0 bridgehead atoms. The van der Waals surface area contributed by atoms with Crippen LogP contribution >= 0.6 is 0 Å². The summed E-state index contributed by atoms with van der Waals surface area (Å²) >= 11 is 0. The summed E-state index contributed by atoms with van der Waals surface area (Å²) in [6.07, 6.45) is -4.56. The van der Waals surface area contributed by atoms with Gasteiger partial charge in [0.2, 0.25) is 0 Å². The first-order valence-electron chi connectivity index (χ1n) is 6.13. The van der Waals surface area contributed by atoms with Crippen LogP contribution in [0.5, 0.6) is 0 Å². The highest BCUT2D eigenvalue weighted by Crippen LogP contribution is 2.36. The Hall–Kier alpha value is -1.28. The van der Waals surface area contributed by atoms with Crippen molar-refractivity contribution in [2.45, 2.75) is 45.1 Å². The van der Waals surface area contributed by atoms with Crippen LogP contribution in [0.1, 0.15) is 33.4 Å². The van der Waals surface area contributed by atoms with E-state index in [1.807, 2.05) is 27.7 Å². The fraction of sp³-hybridized carbons (Fsp3) is 0.583. The standard InChI is InChI=1S/C12H16BF3N2O2/c1-10(2)11(3,4)20-13(19-10)9-6-7(17)5-8(18-9)12(14,15)16/h5-6H,1-4H3,(H2,17,18). The molecule has 0 saturated carbocycles. The fourth-order valence-electron chi connectivity index (χ4n) is 1.80. The van der Waals surface area contributed by atoms with Crippen LogP contribution in [0.4, 0.5) is 18.9 Å². The Balaban J connectivity index is 2.38. The normalized spacial score (nSPS) is 21.2. The van der Waals surface area contributed by atoms with E-state index in [4.69, 9.17) is 15.0 Å². The number of nitrogens with zero attached hydrogens (tertiary/aromatic N) is 1. The molecule has 0 unspecified atom stereocenters. The molecule has 2 rings (SSSR count). The third-order valence-electron chi connectivity index (χ3n) is 3.65. The van der Waals surface area contributed by atoms with E-state index < -0.39 is 30.2 Å². The van der Waals surface area contributed by atoms with Gasteiger partial charge in [-0.15, -0.1) is 0 Å². The van der Waals surface area contributed by atoms with Crippen LogP contribution < -0.4 is 11.3 Å². The van der Waals surface area contributed by atoms with Gasteiger partial charge in [-0.3, -0.25) is 4.98 Å². The zero-order valence-corrected chi connectivity index (χ0v) is 11.7. The Morgan fingerprint density at radius 1 is 1.10 bits per heavy atom. The minimum absolute atomic E-state index is 0.0241. The molecule has 1 aliphatic heterocycles. The lowest BCUT2D eigenvalue weighted by atomic mass is 9.83. The van der Waals surface area contributed by atoms with Crippen molar-refractivity contribution in [2.75, 3.05) is 5.73 Å². The molecule has 0 atom stereocenters. The first-order chi connectivity index (χ1) is 8.92. The van der Waals surface area contributed by atoms with Crippen LogP contribution in [0.2, 0.25) is 0 Å². The third kappa shape index (κ3) is 2.62. The zero-order chi connectivity index (χ0) is 15.3. The second-order valence-electron chi connectivity index (χ2n) is 5.80. The molecule has 1 aromatic rings. The van der Waals surface area contributed by atoms with E-state index in [-0.39, 0.29) is 11.3 Å². The predicted molar refractivity (Wildman–Crippen MR) is 69.4 cm³/mol. The number of anilines is 1. The molecule has 1 saturated heterocycles. The van der Waals surface area contributed by atoms with E-state index >= 15 is 0 Å². The zero-order valence-electron chi connectivity index (χ0n) is 11.7. The van der Waals surface area contributed by atoms with E-state index in [1.54, 1.807) is 0 Å². The molecule has 2 heterocycles. The maximum atomic E-state index is 12.7. The summed E-state index contributed by atoms with van der Waals surface area (Å²) in [6, 6.07) is 2.12. The number of hydrogen-bond donors (Lipinski definition) is 1. The van der Waals surface area contributed by atoms with Crippen molar-refractivity contribution >= 4 is 18.4 Å². The summed E-state index contributed by atoms with van der Waals surface area (Å²) in [5.74, 6) is 0. The maximum absolute atomic E-state index is 12.7. The smallest absolute Gasteiger partial charge is 0.399 e. The Morgan fingerprint density at radius 2 is 1.60 bits per heavy atom. The molecule has 2 N–H and O–H groups in total. The molecular formula is C12H16BF3N2O2. The number of alkyl halides is 3. The van der Waals surface area contributed by atoms with Crippen molar-refractivity contribution in [1.82, 2.24) is 4.98 Å². The van der Waals surface area contributed by atoms with Gasteiger partial charge in [0.1, 0.15) is 5.69 Å². The molecule has 20 heavy (non-hydrogen) atoms. The molecular weight excluding hydrogens is 272 g/mol. The van der Waals surface area contributed by atoms with Crippen LogP contribution in [0, 0.1) is 0 Å². The number of aromatic nitrogens is 1. The van der Waals surface area contributed by atoms with Gasteiger partial charge < -0.3 is 15.0 Å². The van der Waals surface area contributed by atoms with Crippen LogP contribution in [0.15, 0.2) is 12.1 Å². The van der Waals surface area contributed by atoms with E-state index in [9.17, 15) is 13.2 Å². The molecule has 4 nitrogen and oxygen atoms in total. The lowest BCUT2D eigenvalue weighted by Crippen LogP contribution is -2.41. The SMILES string of the molecule is CC1(C)OB(c2cc(N)cc(C(F)(F)F)n2)OC1(C)C. The van der Waals surface area contributed by atoms with Crippen LogP contribution in [0.3, 0.4) is 0 Å². The predicted octanol–water partition coefficient (Wildman–Crippen LogP) is 1.98. The van der Waals surface area contributed by atoms with Crippen LogP contribution in [-0.4, -0.2) is 23.3 Å². The van der Waals surface area contributed by atoms with Gasteiger partial charge in [0.25, 0.3) is 0 Å². The second-order valence-corrected chi connectivity index (χ2v) is 5.80. The number of rotatable bonds is 1. The van der Waals surface area contributed by atoms with Crippen molar-refractivity contribution in [1.29, 1.82) is 0 Å². The van der Waals surface area contributed by atoms with Gasteiger partial charge in [-0.1, -0.05) is 0 Å². The molecule has 0 spiro atoms. The molecule has 0 amide bonds. The summed E-state index contributed by atoms with van der Waals surface area (Å²) in [7, 11) is -0.968. The first-order valence-corrected chi connectivity index (χ1v) is 6.13. The molecule has 1 aromatic heterocycles. The van der Waals surface area contributed by atoms with Gasteiger partial charge in [0, 0.05) is 5.69 Å². The Kier molecular flexibility index (Phi) is 3.30. The van der Waals surface area contributed by atoms with Crippen molar-refractivity contribution < 1.29 is 22.5 Å². The van der Waals surface area contributed by atoms with E-state index in [1.165, 1.54) is 6.07 Å². The minimum Gasteiger partial charge on any atom is -0.399 e. The van der Waals surface area contributed by atoms with Gasteiger partial charge in [0.15, 0.2) is 0 Å². The topological polar surface area (TPSA) is 57.4 Å². The summed E-state index contributed by atoms with van der Waals surface area (Å²) in [5, 5.41) is 0. The summed E-state index contributed by atoms with van der Waals surface area (Å²) in [6.45, 7) is 7.24. The van der Waals surface area contributed by atoms with E-state index in [0.29, 0.717) is 0 Å². The van der Waals surface area contributed by atoms with Crippen molar-refractivity contribution in [3.05, 3.63) is 17.8 Å². The average molecular weight is 288 g/mol. The Bertz CT molecular complexity index is 516. The summed E-state index contributed by atoms with van der Waals surface area (Å²) < 4.78 is 49.5. The van der Waals surface area contributed by atoms with Gasteiger partial charge >= 0.3 is 13.3 Å². The highest BCUT2D eigenvalue weighted by Gasteiger charge is 2.52. The number of halogens is 3. The number of nitrogen functional groups attached to an aromatic ring is 1. The molecule has 0 radical (unpaired) electrons. The molecule has 1 fully saturated rings. The number of pyridine rings is 1. The largest absolute Gasteiger partial charge is 0.514 e. The van der Waals surface area contributed by atoms with Crippen molar-refractivity contribution in [3.63, 3.8) is 0 Å². The van der Waals surface area contributed by atoms with Gasteiger partial charge in [-0.2, -0.15) is 13.2 Å². The monoisotopic (exact) mass is 288 g/mol. The first kappa shape index (κ1) is 15.1. The molecule has 1 aliphatic rings. The molecule has 8 heteroatoms. The van der Waals surface area contributed by atoms with Crippen LogP contribution in [-0.2, 0) is 15.5 Å². The van der Waals surface area contributed by atoms with Crippen molar-refractivity contribution in [3.8, 4) is 0 Å². The lowest BCUT2D eigenvalue weighted by molar-refractivity contribution is -0.141. The number of hydrogen-bond acceptors (Lipinski definition) is 4. The van der Waals surface area contributed by atoms with Crippen LogP contribution in [0.25, 0.3) is 0 Å². The average Bonchev–Trinajstić information content (AvgIpc) is 2.46. The second kappa shape index (κ2) is 4.36. The number of nitrogens with two attached hydrogens (primary N) is 1. The van der Waals surface area contributed by atoms with E-state index in [0.717, 1.165) is 6.07 Å². The Labute approximate surface area is 115 Å². The molecule has 0 aromatic carbocycles. The molecule has 110 valence electrons. The maximum Gasteiger partial charge on any atom is 0.514 e. The Morgan fingerprint density at radius 3 is 2.05 bits per heavy atom. The lowest BCUT2D eigenvalue weighted by Gasteiger charge is -2.32. The summed E-state index contributed by atoms with van der Waals surface area (Å²) in [5.41, 5.74) is 3.15. The minimum atomic E-state index is -4.56. The van der Waals surface area contributed by atoms with Gasteiger partial charge in [-0.05, 0) is 39.8 Å². The highest BCUT2D eigenvalue weighted by atomic mass is 19.4.